The number of rotatable bonds is 8. The predicted octanol–water partition coefficient (Wildman–Crippen LogP) is 5.94. The van der Waals surface area contributed by atoms with Crippen LogP contribution in [0.25, 0.3) is 11.3 Å². The first-order valence-corrected chi connectivity index (χ1v) is 14.1. The van der Waals surface area contributed by atoms with Crippen molar-refractivity contribution in [2.45, 2.75) is 57.6 Å². The third-order valence-electron chi connectivity index (χ3n) is 7.38. The molecule has 2 aliphatic rings. The quantitative estimate of drug-likeness (QED) is 0.301. The zero-order valence-electron chi connectivity index (χ0n) is 24.0. The van der Waals surface area contributed by atoms with Crippen LogP contribution in [0.4, 0.5) is 16.2 Å². The third-order valence-corrected chi connectivity index (χ3v) is 7.68. The largest absolute Gasteiger partial charge is 0.493 e. The van der Waals surface area contributed by atoms with Crippen molar-refractivity contribution >= 4 is 35.0 Å². The van der Waals surface area contributed by atoms with E-state index in [1.807, 2.05) is 39.0 Å². The lowest BCUT2D eigenvalue weighted by Gasteiger charge is -2.45. The predicted molar refractivity (Wildman–Crippen MR) is 157 cm³/mol. The van der Waals surface area contributed by atoms with Gasteiger partial charge in [-0.3, -0.25) is 9.78 Å². The van der Waals surface area contributed by atoms with Crippen molar-refractivity contribution in [3.8, 4) is 22.8 Å². The molecule has 3 aromatic rings. The van der Waals surface area contributed by atoms with E-state index in [2.05, 4.69) is 20.6 Å². The zero-order valence-corrected chi connectivity index (χ0v) is 24.8. The average molecular weight is 582 g/mol. The number of benzene rings is 1. The molecule has 41 heavy (non-hydrogen) atoms. The number of amides is 2. The molecule has 5 rings (SSSR count). The summed E-state index contributed by atoms with van der Waals surface area (Å²) in [7, 11) is 3.21. The number of aromatic amines is 1. The van der Waals surface area contributed by atoms with Gasteiger partial charge in [0.2, 0.25) is 0 Å². The second-order valence-electron chi connectivity index (χ2n) is 11.6. The number of pyridine rings is 1. The number of anilines is 2. The topological polar surface area (TPSA) is 118 Å². The van der Waals surface area contributed by atoms with Gasteiger partial charge < -0.3 is 34.7 Å². The molecule has 218 valence electrons. The maximum absolute atomic E-state index is 13.5. The van der Waals surface area contributed by atoms with Gasteiger partial charge in [-0.2, -0.15) is 0 Å². The van der Waals surface area contributed by atoms with Crippen LogP contribution in [-0.2, 0) is 11.2 Å². The second kappa shape index (κ2) is 11.2. The van der Waals surface area contributed by atoms with Gasteiger partial charge >= 0.3 is 6.09 Å². The van der Waals surface area contributed by atoms with Gasteiger partial charge in [0.15, 0.2) is 5.75 Å². The van der Waals surface area contributed by atoms with Crippen LogP contribution in [0.15, 0.2) is 36.7 Å². The first-order chi connectivity index (χ1) is 19.5. The summed E-state index contributed by atoms with van der Waals surface area (Å²) in [5.74, 6) is 0.842. The summed E-state index contributed by atoms with van der Waals surface area (Å²) in [5.41, 5.74) is 3.22. The van der Waals surface area contributed by atoms with Crippen LogP contribution in [-0.4, -0.2) is 65.3 Å². The van der Waals surface area contributed by atoms with E-state index in [0.29, 0.717) is 57.7 Å². The number of halogens is 1. The fourth-order valence-electron chi connectivity index (χ4n) is 5.23. The lowest BCUT2D eigenvalue weighted by molar-refractivity contribution is 0.0278. The molecule has 10 nitrogen and oxygen atoms in total. The molecule has 0 bridgehead atoms. The fraction of sp³-hybridized carbons (Fsp3) is 0.433. The van der Waals surface area contributed by atoms with Crippen LogP contribution in [0, 0.1) is 0 Å². The van der Waals surface area contributed by atoms with E-state index in [-0.39, 0.29) is 18.1 Å². The van der Waals surface area contributed by atoms with Gasteiger partial charge in [-0.05, 0) is 58.2 Å². The van der Waals surface area contributed by atoms with Crippen molar-refractivity contribution in [1.29, 1.82) is 0 Å². The number of hydrogen-bond donors (Lipinski definition) is 3. The molecule has 0 unspecified atom stereocenters. The van der Waals surface area contributed by atoms with E-state index in [1.165, 1.54) is 4.90 Å². The van der Waals surface area contributed by atoms with E-state index < -0.39 is 11.7 Å². The number of hydrogen-bond acceptors (Lipinski definition) is 7. The maximum atomic E-state index is 13.5. The smallest absolute Gasteiger partial charge is 0.410 e. The van der Waals surface area contributed by atoms with Crippen LogP contribution in [0.3, 0.4) is 0 Å². The fourth-order valence-corrected chi connectivity index (χ4v) is 5.48. The van der Waals surface area contributed by atoms with Crippen LogP contribution >= 0.6 is 11.6 Å². The number of carbonyl (C=O) groups is 2. The molecule has 1 spiro atoms. The van der Waals surface area contributed by atoms with E-state index >= 15 is 0 Å². The van der Waals surface area contributed by atoms with E-state index in [0.717, 1.165) is 25.0 Å². The summed E-state index contributed by atoms with van der Waals surface area (Å²) in [6.45, 7) is 5.99. The minimum absolute atomic E-state index is 0.132. The Morgan fingerprint density at radius 3 is 2.71 bits per heavy atom. The molecule has 0 atom stereocenters. The second-order valence-corrected chi connectivity index (χ2v) is 12.0. The summed E-state index contributed by atoms with van der Waals surface area (Å²) in [5, 5.41) is 7.13. The molecule has 2 aromatic heterocycles. The number of nitrogens with zero attached hydrogens (tertiary/aromatic N) is 2. The summed E-state index contributed by atoms with van der Waals surface area (Å²) < 4.78 is 17.1. The molecule has 11 heteroatoms. The number of ether oxygens (including phenoxy) is 3. The van der Waals surface area contributed by atoms with Crippen molar-refractivity contribution in [3.63, 3.8) is 0 Å². The lowest BCUT2D eigenvalue weighted by atomic mass is 9.71. The van der Waals surface area contributed by atoms with Gasteiger partial charge in [-0.15, -0.1) is 0 Å². The molecular weight excluding hydrogens is 546 g/mol. The summed E-state index contributed by atoms with van der Waals surface area (Å²) in [4.78, 5) is 35.2. The monoisotopic (exact) mass is 581 g/mol. The van der Waals surface area contributed by atoms with Gasteiger partial charge in [0, 0.05) is 36.5 Å². The van der Waals surface area contributed by atoms with E-state index in [9.17, 15) is 9.59 Å². The minimum Gasteiger partial charge on any atom is -0.493 e. The lowest BCUT2D eigenvalue weighted by Crippen LogP contribution is -2.57. The van der Waals surface area contributed by atoms with Gasteiger partial charge in [-0.1, -0.05) is 17.7 Å². The van der Waals surface area contributed by atoms with E-state index in [1.54, 1.807) is 32.6 Å². The Morgan fingerprint density at radius 1 is 1.24 bits per heavy atom. The van der Waals surface area contributed by atoms with Gasteiger partial charge in [0.1, 0.15) is 18.0 Å². The van der Waals surface area contributed by atoms with Crippen molar-refractivity contribution < 1.29 is 23.8 Å². The number of para-hydroxylation sites is 1. The summed E-state index contributed by atoms with van der Waals surface area (Å²) in [6, 6.07) is 7.24. The normalized spacial score (nSPS) is 15.4. The molecule has 1 fully saturated rings. The van der Waals surface area contributed by atoms with Crippen molar-refractivity contribution in [2.75, 3.05) is 32.6 Å². The average Bonchev–Trinajstić information content (AvgIpc) is 3.25. The molecule has 3 heterocycles. The maximum Gasteiger partial charge on any atom is 0.410 e. The van der Waals surface area contributed by atoms with Gasteiger partial charge in [0.25, 0.3) is 5.91 Å². The Kier molecular flexibility index (Phi) is 7.78. The summed E-state index contributed by atoms with van der Waals surface area (Å²) in [6.07, 6.45) is 6.57. The number of carbonyl (C=O) groups excluding carboxylic acids is 2. The van der Waals surface area contributed by atoms with Crippen LogP contribution < -0.4 is 20.1 Å². The standard InChI is InChI=1S/C30H36ClN5O5/c1-29(2,3)41-28(38)36(4)14-15-40-22-17-32-13-10-18(22)24-25(33-20-9-6-8-19(31)26(20)39-5)23-21(34-24)16-30(11-7-12-30)35-27(23)37/h6,8-10,13,17,33-34H,7,11-12,14-16H2,1-5H3,(H,35,37). The Balaban J connectivity index is 1.48. The first-order valence-electron chi connectivity index (χ1n) is 13.7. The van der Waals surface area contributed by atoms with Crippen molar-refractivity contribution in [2.24, 2.45) is 0 Å². The molecule has 1 saturated carbocycles. The van der Waals surface area contributed by atoms with Crippen LogP contribution in [0.5, 0.6) is 11.5 Å². The number of fused-ring (bicyclic) bond motifs is 1. The third kappa shape index (κ3) is 5.93. The molecule has 3 N–H and O–H groups in total. The van der Waals surface area contributed by atoms with Crippen LogP contribution in [0.1, 0.15) is 56.1 Å². The molecule has 0 radical (unpaired) electrons. The SMILES string of the molecule is COc1c(Cl)cccc1Nc1c(-c2ccncc2OCCN(C)C(=O)OC(C)(C)C)[nH]c2c1C(=O)NC1(CCC1)C2. The van der Waals surface area contributed by atoms with Gasteiger partial charge in [0.05, 0.1) is 47.5 Å². The van der Waals surface area contributed by atoms with Gasteiger partial charge in [-0.25, -0.2) is 4.79 Å². The Morgan fingerprint density at radius 2 is 2.02 bits per heavy atom. The first kappa shape index (κ1) is 28.6. The molecular formula is C30H36ClN5O5. The minimum atomic E-state index is -0.588. The highest BCUT2D eigenvalue weighted by Gasteiger charge is 2.45. The van der Waals surface area contributed by atoms with Crippen LogP contribution in [0.2, 0.25) is 5.02 Å². The van der Waals surface area contributed by atoms with Crippen molar-refractivity contribution in [3.05, 3.63) is 52.9 Å². The Labute approximate surface area is 244 Å². The highest BCUT2D eigenvalue weighted by Crippen LogP contribution is 2.46. The number of aromatic nitrogens is 2. The molecule has 1 aliphatic carbocycles. The molecule has 2 amide bonds. The van der Waals surface area contributed by atoms with E-state index in [4.69, 9.17) is 25.8 Å². The Hall–Kier alpha value is -3.92. The Bertz CT molecular complexity index is 1460. The highest BCUT2D eigenvalue weighted by atomic mass is 35.5. The number of H-pyrrole nitrogens is 1. The molecule has 1 aliphatic heterocycles. The molecule has 1 aromatic carbocycles. The molecule has 0 saturated heterocycles. The zero-order chi connectivity index (χ0) is 29.4. The number of nitrogens with one attached hydrogen (secondary N) is 3. The summed E-state index contributed by atoms with van der Waals surface area (Å²) >= 11 is 6.41. The van der Waals surface area contributed by atoms with Crippen molar-refractivity contribution in [1.82, 2.24) is 20.2 Å². The number of methoxy groups -OCH3 is 1. The number of likely N-dealkylation sites (N-methyl/N-ethyl adjacent to an activating group) is 1. The highest BCUT2D eigenvalue weighted by molar-refractivity contribution is 6.32.